The molecule has 1 atom stereocenters. The standard InChI is InChI=1S/C27H26N4O2/c1-2-31(27(32)25-14-20-12-18(16-28)10-11-24(20)30-25)22-8-5-7-21(15-22)29-17-23-13-19-6-3-4-9-26(19)33-23/h3-4,6,9-15,22,29-30H,2,5,7-8,17H2,1H3/t22-/m0/s1. The average Bonchev–Trinajstić information content (AvgIpc) is 3.46. The SMILES string of the molecule is CCN(C(=O)c1cc2cc(C#N)ccc2[nH]1)[C@@H]1C=C(NCc2cc3ccccc3o2)CCC1. The van der Waals surface area contributed by atoms with Gasteiger partial charge in [0.2, 0.25) is 0 Å². The number of likely N-dealkylation sites (N-methyl/N-ethyl adjacent to an activating group) is 1. The Balaban J connectivity index is 1.31. The molecule has 0 saturated heterocycles. The molecule has 6 nitrogen and oxygen atoms in total. The van der Waals surface area contributed by atoms with Crippen LogP contribution in [-0.4, -0.2) is 28.4 Å². The molecule has 166 valence electrons. The van der Waals surface area contributed by atoms with Gasteiger partial charge in [0, 0.05) is 28.5 Å². The van der Waals surface area contributed by atoms with Crippen LogP contribution < -0.4 is 5.32 Å². The van der Waals surface area contributed by atoms with Gasteiger partial charge in [-0.25, -0.2) is 0 Å². The minimum atomic E-state index is -0.0213. The van der Waals surface area contributed by atoms with Crippen molar-refractivity contribution >= 4 is 27.8 Å². The molecule has 0 radical (unpaired) electrons. The highest BCUT2D eigenvalue weighted by atomic mass is 16.3. The lowest BCUT2D eigenvalue weighted by atomic mass is 9.98. The smallest absolute Gasteiger partial charge is 0.270 e. The zero-order valence-corrected chi connectivity index (χ0v) is 18.6. The van der Waals surface area contributed by atoms with Crippen molar-refractivity contribution in [1.29, 1.82) is 5.26 Å². The summed E-state index contributed by atoms with van der Waals surface area (Å²) in [5.41, 5.74) is 4.04. The molecule has 4 aromatic rings. The Kier molecular flexibility index (Phi) is 5.62. The number of nitrogens with zero attached hydrogens (tertiary/aromatic N) is 2. The van der Waals surface area contributed by atoms with Crippen LogP contribution in [0, 0.1) is 11.3 Å². The number of hydrogen-bond donors (Lipinski definition) is 2. The minimum Gasteiger partial charge on any atom is -0.459 e. The summed E-state index contributed by atoms with van der Waals surface area (Å²) in [5, 5.41) is 14.6. The third-order valence-corrected chi connectivity index (χ3v) is 6.29. The number of aromatic nitrogens is 1. The highest BCUT2D eigenvalue weighted by Crippen LogP contribution is 2.25. The first kappa shape index (κ1) is 20.9. The van der Waals surface area contributed by atoms with Gasteiger partial charge in [0.1, 0.15) is 17.0 Å². The lowest BCUT2D eigenvalue weighted by Gasteiger charge is -2.32. The molecular formula is C27H26N4O2. The molecule has 5 rings (SSSR count). The van der Waals surface area contributed by atoms with E-state index in [4.69, 9.17) is 9.68 Å². The maximum atomic E-state index is 13.3. The maximum Gasteiger partial charge on any atom is 0.270 e. The number of amides is 1. The monoisotopic (exact) mass is 438 g/mol. The van der Waals surface area contributed by atoms with Crippen LogP contribution in [-0.2, 0) is 6.54 Å². The largest absolute Gasteiger partial charge is 0.459 e. The first-order chi connectivity index (χ1) is 16.1. The average molecular weight is 439 g/mol. The Morgan fingerprint density at radius 3 is 2.91 bits per heavy atom. The number of fused-ring (bicyclic) bond motifs is 2. The van der Waals surface area contributed by atoms with E-state index in [0.717, 1.165) is 52.6 Å². The fourth-order valence-corrected chi connectivity index (χ4v) is 4.62. The summed E-state index contributed by atoms with van der Waals surface area (Å²) in [7, 11) is 0. The van der Waals surface area contributed by atoms with Crippen molar-refractivity contribution in [3.05, 3.63) is 83.4 Å². The summed E-state index contributed by atoms with van der Waals surface area (Å²) < 4.78 is 5.92. The Morgan fingerprint density at radius 2 is 2.09 bits per heavy atom. The molecule has 2 aromatic heterocycles. The number of H-pyrrole nitrogens is 1. The normalized spacial score (nSPS) is 15.9. The number of rotatable bonds is 6. The molecule has 0 spiro atoms. The van der Waals surface area contributed by atoms with Gasteiger partial charge < -0.3 is 19.6 Å². The van der Waals surface area contributed by atoms with Gasteiger partial charge in [-0.2, -0.15) is 5.26 Å². The van der Waals surface area contributed by atoms with Crippen molar-refractivity contribution in [3.8, 4) is 6.07 Å². The second-order valence-corrected chi connectivity index (χ2v) is 8.44. The van der Waals surface area contributed by atoms with E-state index < -0.39 is 0 Å². The van der Waals surface area contributed by atoms with E-state index in [1.807, 2.05) is 48.2 Å². The summed E-state index contributed by atoms with van der Waals surface area (Å²) in [6, 6.07) is 19.5. The van der Waals surface area contributed by atoms with Crippen molar-refractivity contribution < 1.29 is 9.21 Å². The van der Waals surface area contributed by atoms with Crippen molar-refractivity contribution in [2.24, 2.45) is 0 Å². The third-order valence-electron chi connectivity index (χ3n) is 6.29. The van der Waals surface area contributed by atoms with Crippen molar-refractivity contribution in [2.75, 3.05) is 6.54 Å². The fraction of sp³-hybridized carbons (Fsp3) is 0.259. The maximum absolute atomic E-state index is 13.3. The number of nitrogens with one attached hydrogen (secondary N) is 2. The van der Waals surface area contributed by atoms with Crippen LogP contribution in [0.1, 0.15) is 48.0 Å². The number of benzene rings is 2. The van der Waals surface area contributed by atoms with Gasteiger partial charge in [0.15, 0.2) is 0 Å². The number of aromatic amines is 1. The van der Waals surface area contributed by atoms with Crippen LogP contribution in [0.25, 0.3) is 21.9 Å². The molecule has 33 heavy (non-hydrogen) atoms. The molecule has 0 fully saturated rings. The molecule has 1 aliphatic rings. The molecule has 0 unspecified atom stereocenters. The Bertz CT molecular complexity index is 1360. The van der Waals surface area contributed by atoms with E-state index in [1.54, 1.807) is 12.1 Å². The highest BCUT2D eigenvalue weighted by Gasteiger charge is 2.25. The zero-order valence-electron chi connectivity index (χ0n) is 18.6. The van der Waals surface area contributed by atoms with E-state index in [0.29, 0.717) is 24.3 Å². The molecule has 1 aliphatic carbocycles. The van der Waals surface area contributed by atoms with Crippen LogP contribution in [0.5, 0.6) is 0 Å². The molecule has 0 aliphatic heterocycles. The number of para-hydroxylation sites is 1. The molecule has 6 heteroatoms. The van der Waals surface area contributed by atoms with Crippen molar-refractivity contribution in [3.63, 3.8) is 0 Å². The number of hydrogen-bond acceptors (Lipinski definition) is 4. The topological polar surface area (TPSA) is 85.1 Å². The highest BCUT2D eigenvalue weighted by molar-refractivity contribution is 5.98. The number of furan rings is 1. The summed E-state index contributed by atoms with van der Waals surface area (Å²) in [6.45, 7) is 3.25. The van der Waals surface area contributed by atoms with E-state index >= 15 is 0 Å². The quantitative estimate of drug-likeness (QED) is 0.418. The van der Waals surface area contributed by atoms with Crippen LogP contribution in [0.2, 0.25) is 0 Å². The number of carbonyl (C=O) groups excluding carboxylic acids is 1. The second-order valence-electron chi connectivity index (χ2n) is 8.44. The predicted molar refractivity (Wildman–Crippen MR) is 128 cm³/mol. The Morgan fingerprint density at radius 1 is 1.21 bits per heavy atom. The van der Waals surface area contributed by atoms with Gasteiger partial charge in [0.25, 0.3) is 5.91 Å². The predicted octanol–water partition coefficient (Wildman–Crippen LogP) is 5.47. The van der Waals surface area contributed by atoms with Gasteiger partial charge in [-0.3, -0.25) is 4.79 Å². The summed E-state index contributed by atoms with van der Waals surface area (Å²) in [6.07, 6.45) is 5.11. The van der Waals surface area contributed by atoms with E-state index in [1.165, 1.54) is 0 Å². The summed E-state index contributed by atoms with van der Waals surface area (Å²) in [4.78, 5) is 18.5. The molecule has 0 saturated carbocycles. The lowest BCUT2D eigenvalue weighted by molar-refractivity contribution is 0.0706. The zero-order chi connectivity index (χ0) is 22.8. The third kappa shape index (κ3) is 4.22. The van der Waals surface area contributed by atoms with Crippen LogP contribution in [0.4, 0.5) is 0 Å². The molecule has 1 amide bonds. The van der Waals surface area contributed by atoms with Gasteiger partial charge in [-0.05, 0) is 68.7 Å². The Labute approximate surface area is 192 Å². The van der Waals surface area contributed by atoms with Gasteiger partial charge >= 0.3 is 0 Å². The summed E-state index contributed by atoms with van der Waals surface area (Å²) in [5.74, 6) is 0.879. The summed E-state index contributed by atoms with van der Waals surface area (Å²) >= 11 is 0. The molecule has 2 aromatic carbocycles. The minimum absolute atomic E-state index is 0.0213. The van der Waals surface area contributed by atoms with Crippen LogP contribution >= 0.6 is 0 Å². The first-order valence-corrected chi connectivity index (χ1v) is 11.4. The molecule has 2 N–H and O–H groups in total. The van der Waals surface area contributed by atoms with E-state index in [9.17, 15) is 4.79 Å². The van der Waals surface area contributed by atoms with Crippen LogP contribution in [0.15, 0.2) is 70.8 Å². The number of carbonyl (C=O) groups is 1. The Hall–Kier alpha value is -3.98. The number of nitriles is 1. The molecule has 2 heterocycles. The first-order valence-electron chi connectivity index (χ1n) is 11.4. The van der Waals surface area contributed by atoms with Gasteiger partial charge in [-0.1, -0.05) is 18.2 Å². The van der Waals surface area contributed by atoms with Crippen molar-refractivity contribution in [1.82, 2.24) is 15.2 Å². The molecular weight excluding hydrogens is 412 g/mol. The molecule has 0 bridgehead atoms. The van der Waals surface area contributed by atoms with Gasteiger partial charge in [0.05, 0.1) is 24.2 Å². The fourth-order valence-electron chi connectivity index (χ4n) is 4.62. The number of allylic oxidation sites excluding steroid dienone is 1. The second kappa shape index (κ2) is 8.87. The van der Waals surface area contributed by atoms with Crippen molar-refractivity contribution in [2.45, 2.75) is 38.8 Å². The van der Waals surface area contributed by atoms with E-state index in [2.05, 4.69) is 28.5 Å². The lowest BCUT2D eigenvalue weighted by Crippen LogP contribution is -2.41. The van der Waals surface area contributed by atoms with E-state index in [-0.39, 0.29) is 11.9 Å². The van der Waals surface area contributed by atoms with Crippen LogP contribution in [0.3, 0.4) is 0 Å². The van der Waals surface area contributed by atoms with Gasteiger partial charge in [-0.15, -0.1) is 0 Å².